The van der Waals surface area contributed by atoms with Gasteiger partial charge in [-0.05, 0) is 37.3 Å². The molecule has 0 radical (unpaired) electrons. The summed E-state index contributed by atoms with van der Waals surface area (Å²) in [6, 6.07) is 0.225. The smallest absolute Gasteiger partial charge is 0.308 e. The molecule has 3 heterocycles. The van der Waals surface area contributed by atoms with Gasteiger partial charge in [-0.25, -0.2) is 0 Å². The van der Waals surface area contributed by atoms with Crippen molar-refractivity contribution in [2.24, 2.45) is 17.3 Å². The van der Waals surface area contributed by atoms with Crippen LogP contribution in [0.2, 0.25) is 0 Å². The third kappa shape index (κ3) is 1.78. The van der Waals surface area contributed by atoms with Gasteiger partial charge in [-0.1, -0.05) is 20.8 Å². The second-order valence-corrected chi connectivity index (χ2v) is 6.05. The summed E-state index contributed by atoms with van der Waals surface area (Å²) >= 11 is 0. The van der Waals surface area contributed by atoms with E-state index < -0.39 is 5.97 Å². The Hall–Kier alpha value is -0.570. The number of carboxylic acid groups (broad SMARTS) is 1. The van der Waals surface area contributed by atoms with Gasteiger partial charge in [-0.3, -0.25) is 9.69 Å². The molecule has 3 saturated heterocycles. The Morgan fingerprint density at radius 1 is 1.27 bits per heavy atom. The van der Waals surface area contributed by atoms with Gasteiger partial charge in [0, 0.05) is 6.04 Å². The molecule has 0 spiro atoms. The summed E-state index contributed by atoms with van der Waals surface area (Å²) in [6.07, 6.45) is 2.15. The van der Waals surface area contributed by atoms with E-state index in [0.29, 0.717) is 5.92 Å². The van der Waals surface area contributed by atoms with Crippen molar-refractivity contribution in [2.45, 2.75) is 39.7 Å². The van der Waals surface area contributed by atoms with Crippen molar-refractivity contribution >= 4 is 5.97 Å². The molecule has 3 aliphatic heterocycles. The number of hydrogen-bond acceptors (Lipinski definition) is 2. The van der Waals surface area contributed by atoms with Gasteiger partial charge in [0.25, 0.3) is 0 Å². The van der Waals surface area contributed by atoms with Crippen LogP contribution >= 0.6 is 0 Å². The Morgan fingerprint density at radius 3 is 2.13 bits per heavy atom. The number of hydrogen-bond donors (Lipinski definition) is 1. The number of aliphatic carboxylic acids is 1. The van der Waals surface area contributed by atoms with Crippen LogP contribution in [0.4, 0.5) is 0 Å². The predicted molar refractivity (Wildman–Crippen MR) is 58.7 cm³/mol. The highest BCUT2D eigenvalue weighted by atomic mass is 16.4. The number of piperidine rings is 3. The third-order valence-electron chi connectivity index (χ3n) is 3.99. The number of carbonyl (C=O) groups is 1. The summed E-state index contributed by atoms with van der Waals surface area (Å²) in [5.41, 5.74) is 0.0716. The van der Waals surface area contributed by atoms with Crippen LogP contribution in [0.15, 0.2) is 0 Å². The Kier molecular flexibility index (Phi) is 2.53. The molecule has 1 N–H and O–H groups in total. The molecule has 2 bridgehead atoms. The summed E-state index contributed by atoms with van der Waals surface area (Å²) in [6.45, 7) is 8.67. The monoisotopic (exact) mass is 211 g/mol. The molecule has 0 amide bonds. The maximum Gasteiger partial charge on any atom is 0.308 e. The maximum absolute atomic E-state index is 11.4. The van der Waals surface area contributed by atoms with E-state index in [1.54, 1.807) is 0 Å². The van der Waals surface area contributed by atoms with Gasteiger partial charge in [0.2, 0.25) is 0 Å². The summed E-state index contributed by atoms with van der Waals surface area (Å²) in [7, 11) is 0. The third-order valence-corrected chi connectivity index (χ3v) is 3.99. The van der Waals surface area contributed by atoms with Crippen molar-refractivity contribution in [1.82, 2.24) is 4.90 Å². The Bertz CT molecular complexity index is 261. The minimum Gasteiger partial charge on any atom is -0.481 e. The molecule has 2 unspecified atom stereocenters. The summed E-state index contributed by atoms with van der Waals surface area (Å²) in [5.74, 6) is -0.325. The average molecular weight is 211 g/mol. The largest absolute Gasteiger partial charge is 0.481 e. The number of rotatable bonds is 1. The zero-order valence-corrected chi connectivity index (χ0v) is 9.86. The SMILES string of the molecule is CC(C)(C)C1C(C(=O)O)C2CCN1CC2. The average Bonchev–Trinajstić information content (AvgIpc) is 2.16. The molecule has 15 heavy (non-hydrogen) atoms. The zero-order valence-electron chi connectivity index (χ0n) is 9.86. The van der Waals surface area contributed by atoms with Crippen LogP contribution in [-0.4, -0.2) is 35.1 Å². The van der Waals surface area contributed by atoms with Crippen molar-refractivity contribution in [1.29, 1.82) is 0 Å². The molecule has 0 saturated carbocycles. The van der Waals surface area contributed by atoms with Gasteiger partial charge >= 0.3 is 5.97 Å². The van der Waals surface area contributed by atoms with Crippen molar-refractivity contribution in [3.8, 4) is 0 Å². The zero-order chi connectivity index (χ0) is 11.2. The van der Waals surface area contributed by atoms with E-state index in [1.165, 1.54) is 0 Å². The molecular weight excluding hydrogens is 190 g/mol. The van der Waals surface area contributed by atoms with Crippen LogP contribution in [0.3, 0.4) is 0 Å². The highest BCUT2D eigenvalue weighted by Gasteiger charge is 2.50. The van der Waals surface area contributed by atoms with E-state index >= 15 is 0 Å². The van der Waals surface area contributed by atoms with Crippen LogP contribution in [0.1, 0.15) is 33.6 Å². The van der Waals surface area contributed by atoms with Gasteiger partial charge in [-0.15, -0.1) is 0 Å². The molecule has 0 aromatic heterocycles. The van der Waals surface area contributed by atoms with E-state index in [-0.39, 0.29) is 17.4 Å². The highest BCUT2D eigenvalue weighted by Crippen LogP contribution is 2.44. The van der Waals surface area contributed by atoms with Crippen LogP contribution in [0, 0.1) is 17.3 Å². The lowest BCUT2D eigenvalue weighted by atomic mass is 9.66. The van der Waals surface area contributed by atoms with Crippen molar-refractivity contribution < 1.29 is 9.90 Å². The second-order valence-electron chi connectivity index (χ2n) is 6.05. The molecule has 3 rings (SSSR count). The quantitative estimate of drug-likeness (QED) is 0.719. The molecule has 0 aliphatic carbocycles. The van der Waals surface area contributed by atoms with Crippen LogP contribution < -0.4 is 0 Å². The van der Waals surface area contributed by atoms with Gasteiger partial charge in [0.1, 0.15) is 0 Å². The summed E-state index contributed by atoms with van der Waals surface area (Å²) in [5, 5.41) is 9.37. The summed E-state index contributed by atoms with van der Waals surface area (Å²) < 4.78 is 0. The fourth-order valence-electron chi connectivity index (χ4n) is 3.46. The lowest BCUT2D eigenvalue weighted by Gasteiger charge is -2.54. The Labute approximate surface area is 91.5 Å². The number of fused-ring (bicyclic) bond motifs is 3. The van der Waals surface area contributed by atoms with E-state index in [2.05, 4.69) is 25.7 Å². The van der Waals surface area contributed by atoms with Gasteiger partial charge in [-0.2, -0.15) is 0 Å². The first-order valence-corrected chi connectivity index (χ1v) is 5.88. The molecular formula is C12H21NO2. The molecule has 3 fully saturated rings. The minimum atomic E-state index is -0.593. The van der Waals surface area contributed by atoms with E-state index in [9.17, 15) is 9.90 Å². The van der Waals surface area contributed by atoms with Gasteiger partial charge < -0.3 is 5.11 Å². The Balaban J connectivity index is 2.29. The first-order valence-electron chi connectivity index (χ1n) is 5.88. The standard InChI is InChI=1S/C12H21NO2/c1-12(2,3)10-9(11(14)15)8-4-6-13(10)7-5-8/h8-10H,4-7H2,1-3H3,(H,14,15). The summed E-state index contributed by atoms with van der Waals surface area (Å²) in [4.78, 5) is 13.8. The topological polar surface area (TPSA) is 40.5 Å². The van der Waals surface area contributed by atoms with E-state index in [4.69, 9.17) is 0 Å². The molecule has 3 aliphatic rings. The Morgan fingerprint density at radius 2 is 1.80 bits per heavy atom. The second kappa shape index (κ2) is 3.48. The van der Waals surface area contributed by atoms with E-state index in [1.807, 2.05) is 0 Å². The molecule has 0 aromatic carbocycles. The van der Waals surface area contributed by atoms with Crippen molar-refractivity contribution in [3.05, 3.63) is 0 Å². The van der Waals surface area contributed by atoms with Crippen LogP contribution in [0.5, 0.6) is 0 Å². The normalized spacial score (nSPS) is 40.5. The van der Waals surface area contributed by atoms with Crippen molar-refractivity contribution in [3.63, 3.8) is 0 Å². The van der Waals surface area contributed by atoms with Gasteiger partial charge in [0.05, 0.1) is 5.92 Å². The van der Waals surface area contributed by atoms with Gasteiger partial charge in [0.15, 0.2) is 0 Å². The maximum atomic E-state index is 11.4. The number of nitrogens with zero attached hydrogens (tertiary/aromatic N) is 1. The minimum absolute atomic E-state index is 0.0716. The fourth-order valence-corrected chi connectivity index (χ4v) is 3.46. The first-order chi connectivity index (χ1) is 6.91. The molecule has 86 valence electrons. The lowest BCUT2D eigenvalue weighted by molar-refractivity contribution is -0.158. The highest BCUT2D eigenvalue weighted by molar-refractivity contribution is 5.72. The predicted octanol–water partition coefficient (Wildman–Crippen LogP) is 1.83. The molecule has 0 aromatic rings. The van der Waals surface area contributed by atoms with Crippen molar-refractivity contribution in [2.75, 3.05) is 13.1 Å². The number of carboxylic acids is 1. The molecule has 3 nitrogen and oxygen atoms in total. The fraction of sp³-hybridized carbons (Fsp3) is 0.917. The van der Waals surface area contributed by atoms with E-state index in [0.717, 1.165) is 25.9 Å². The van der Waals surface area contributed by atoms with Crippen LogP contribution in [0.25, 0.3) is 0 Å². The van der Waals surface area contributed by atoms with Crippen LogP contribution in [-0.2, 0) is 4.79 Å². The molecule has 3 heteroatoms. The molecule has 2 atom stereocenters. The first kappa shape index (κ1) is 10.9. The lowest BCUT2D eigenvalue weighted by Crippen LogP contribution is -2.61.